The van der Waals surface area contributed by atoms with E-state index >= 15 is 0 Å². The molecular formula is C20H31N5. The molecule has 1 heterocycles. The van der Waals surface area contributed by atoms with E-state index in [1.807, 2.05) is 18.5 Å². The highest BCUT2D eigenvalue weighted by molar-refractivity contribution is 5.79. The molecule has 5 heteroatoms. The van der Waals surface area contributed by atoms with Gasteiger partial charge in [-0.3, -0.25) is 4.99 Å². The number of aromatic nitrogens is 2. The molecule has 1 aromatic heterocycles. The van der Waals surface area contributed by atoms with E-state index in [0.29, 0.717) is 6.54 Å². The van der Waals surface area contributed by atoms with Crippen LogP contribution in [-0.2, 0) is 13.1 Å². The number of rotatable bonds is 9. The summed E-state index contributed by atoms with van der Waals surface area (Å²) < 4.78 is 2.16. The third-order valence-electron chi connectivity index (χ3n) is 4.14. The first-order valence-electron chi connectivity index (χ1n) is 9.17. The molecule has 0 saturated carbocycles. The van der Waals surface area contributed by atoms with E-state index in [1.165, 1.54) is 24.8 Å². The first-order chi connectivity index (χ1) is 12.2. The Balaban J connectivity index is 1.77. The minimum absolute atomic E-state index is 0.658. The molecule has 0 unspecified atom stereocenters. The van der Waals surface area contributed by atoms with Crippen molar-refractivity contribution < 1.29 is 0 Å². The van der Waals surface area contributed by atoms with Gasteiger partial charge < -0.3 is 15.2 Å². The first-order valence-corrected chi connectivity index (χ1v) is 9.17. The van der Waals surface area contributed by atoms with Gasteiger partial charge in [0.1, 0.15) is 5.82 Å². The minimum atomic E-state index is 0.658. The highest BCUT2D eigenvalue weighted by Gasteiger charge is 2.05. The van der Waals surface area contributed by atoms with Crippen molar-refractivity contribution in [3.05, 3.63) is 54.1 Å². The van der Waals surface area contributed by atoms with Gasteiger partial charge in [-0.1, -0.05) is 57.0 Å². The Morgan fingerprint density at radius 3 is 2.68 bits per heavy atom. The largest absolute Gasteiger partial charge is 0.356 e. The normalized spacial score (nSPS) is 11.8. The number of imidazole rings is 1. The van der Waals surface area contributed by atoms with Crippen LogP contribution < -0.4 is 10.6 Å². The van der Waals surface area contributed by atoms with Crippen LogP contribution in [0.2, 0.25) is 0 Å². The lowest BCUT2D eigenvalue weighted by molar-refractivity contribution is 0.534. The van der Waals surface area contributed by atoms with Crippen LogP contribution in [0, 0.1) is 5.92 Å². The van der Waals surface area contributed by atoms with Crippen molar-refractivity contribution in [2.24, 2.45) is 10.9 Å². The van der Waals surface area contributed by atoms with Crippen molar-refractivity contribution in [2.45, 2.75) is 46.2 Å². The van der Waals surface area contributed by atoms with E-state index in [4.69, 9.17) is 0 Å². The van der Waals surface area contributed by atoms with Gasteiger partial charge >= 0.3 is 0 Å². The number of guanidine groups is 1. The molecule has 0 bridgehead atoms. The molecule has 0 amide bonds. The molecule has 0 spiro atoms. The minimum Gasteiger partial charge on any atom is -0.356 e. The van der Waals surface area contributed by atoms with E-state index in [9.17, 15) is 0 Å². The van der Waals surface area contributed by atoms with Gasteiger partial charge in [0, 0.05) is 32.5 Å². The summed E-state index contributed by atoms with van der Waals surface area (Å²) in [4.78, 5) is 8.76. The Morgan fingerprint density at radius 2 is 1.96 bits per heavy atom. The van der Waals surface area contributed by atoms with E-state index < -0.39 is 0 Å². The second-order valence-electron chi connectivity index (χ2n) is 6.70. The fraction of sp³-hybridized carbons (Fsp3) is 0.500. The van der Waals surface area contributed by atoms with E-state index in [2.05, 4.69) is 63.3 Å². The summed E-state index contributed by atoms with van der Waals surface area (Å²) in [7, 11) is 1.81. The smallest absolute Gasteiger partial charge is 0.191 e. The highest BCUT2D eigenvalue weighted by atomic mass is 15.2. The second kappa shape index (κ2) is 10.5. The van der Waals surface area contributed by atoms with Crippen molar-refractivity contribution in [1.29, 1.82) is 0 Å². The van der Waals surface area contributed by atoms with Gasteiger partial charge in [0.05, 0.1) is 6.54 Å². The molecule has 5 nitrogen and oxygen atoms in total. The zero-order chi connectivity index (χ0) is 17.9. The Labute approximate surface area is 151 Å². The predicted octanol–water partition coefficient (Wildman–Crippen LogP) is 3.42. The molecule has 0 fully saturated rings. The van der Waals surface area contributed by atoms with Gasteiger partial charge in [0.25, 0.3) is 0 Å². The van der Waals surface area contributed by atoms with Crippen LogP contribution >= 0.6 is 0 Å². The van der Waals surface area contributed by atoms with E-state index in [-0.39, 0.29) is 0 Å². The average molecular weight is 342 g/mol. The predicted molar refractivity (Wildman–Crippen MR) is 105 cm³/mol. The van der Waals surface area contributed by atoms with Crippen molar-refractivity contribution in [1.82, 2.24) is 20.2 Å². The quantitative estimate of drug-likeness (QED) is 0.417. The maximum atomic E-state index is 4.47. The molecule has 0 radical (unpaired) electrons. The standard InChI is InChI=1S/C20H31N5/c1-17(2)9-7-8-12-23-20(21-3)24-15-19-22-13-14-25(19)16-18-10-5-4-6-11-18/h4-6,10-11,13-14,17H,7-9,12,15-16H2,1-3H3,(H2,21,23,24). The Bertz CT molecular complexity index is 631. The van der Waals surface area contributed by atoms with Crippen LogP contribution in [0.25, 0.3) is 0 Å². The Kier molecular flexibility index (Phi) is 8.02. The van der Waals surface area contributed by atoms with Gasteiger partial charge in [-0.25, -0.2) is 4.98 Å². The number of unbranched alkanes of at least 4 members (excludes halogenated alkanes) is 1. The van der Waals surface area contributed by atoms with Gasteiger partial charge in [0.15, 0.2) is 5.96 Å². The molecule has 0 atom stereocenters. The van der Waals surface area contributed by atoms with Gasteiger partial charge in [-0.2, -0.15) is 0 Å². The number of benzene rings is 1. The molecule has 0 aliphatic carbocycles. The topological polar surface area (TPSA) is 54.2 Å². The number of hydrogen-bond acceptors (Lipinski definition) is 2. The summed E-state index contributed by atoms with van der Waals surface area (Å²) in [6, 6.07) is 10.4. The molecule has 0 aliphatic rings. The lowest BCUT2D eigenvalue weighted by Crippen LogP contribution is -2.37. The Hall–Kier alpha value is -2.30. The van der Waals surface area contributed by atoms with Gasteiger partial charge in [0.2, 0.25) is 0 Å². The van der Waals surface area contributed by atoms with E-state index in [0.717, 1.165) is 30.8 Å². The molecule has 1 aromatic carbocycles. The summed E-state index contributed by atoms with van der Waals surface area (Å²) in [5.41, 5.74) is 1.27. The summed E-state index contributed by atoms with van der Waals surface area (Å²) in [6.45, 7) is 6.98. The molecule has 0 saturated heterocycles. The van der Waals surface area contributed by atoms with Crippen molar-refractivity contribution in [2.75, 3.05) is 13.6 Å². The molecule has 2 aromatic rings. The van der Waals surface area contributed by atoms with E-state index in [1.54, 1.807) is 7.05 Å². The molecule has 136 valence electrons. The maximum absolute atomic E-state index is 4.47. The molecule has 0 aliphatic heterocycles. The van der Waals surface area contributed by atoms with Crippen LogP contribution in [0.1, 0.15) is 44.5 Å². The molecule has 2 rings (SSSR count). The molecule has 2 N–H and O–H groups in total. The van der Waals surface area contributed by atoms with Crippen molar-refractivity contribution >= 4 is 5.96 Å². The fourth-order valence-electron chi connectivity index (χ4n) is 2.70. The van der Waals surface area contributed by atoms with Crippen LogP contribution in [0.3, 0.4) is 0 Å². The summed E-state index contributed by atoms with van der Waals surface area (Å²) in [5.74, 6) is 2.62. The zero-order valence-corrected chi connectivity index (χ0v) is 15.7. The second-order valence-corrected chi connectivity index (χ2v) is 6.70. The SMILES string of the molecule is CN=C(NCCCCC(C)C)NCc1nccn1Cc1ccccc1. The van der Waals surface area contributed by atoms with Gasteiger partial charge in [-0.15, -0.1) is 0 Å². The first kappa shape index (κ1) is 19.0. The zero-order valence-electron chi connectivity index (χ0n) is 15.7. The maximum Gasteiger partial charge on any atom is 0.191 e. The molecule has 25 heavy (non-hydrogen) atoms. The summed E-state index contributed by atoms with van der Waals surface area (Å²) in [5, 5.41) is 6.73. The van der Waals surface area contributed by atoms with Gasteiger partial charge in [-0.05, 0) is 17.9 Å². The van der Waals surface area contributed by atoms with Crippen LogP contribution in [0.4, 0.5) is 0 Å². The number of nitrogens with one attached hydrogen (secondary N) is 2. The van der Waals surface area contributed by atoms with Crippen LogP contribution in [0.5, 0.6) is 0 Å². The van der Waals surface area contributed by atoms with Crippen LogP contribution in [0.15, 0.2) is 47.7 Å². The fourth-order valence-corrected chi connectivity index (χ4v) is 2.70. The highest BCUT2D eigenvalue weighted by Crippen LogP contribution is 2.06. The van der Waals surface area contributed by atoms with Crippen molar-refractivity contribution in [3.63, 3.8) is 0 Å². The lowest BCUT2D eigenvalue weighted by atomic mass is 10.1. The lowest BCUT2D eigenvalue weighted by Gasteiger charge is -2.13. The number of nitrogens with zero attached hydrogens (tertiary/aromatic N) is 3. The monoisotopic (exact) mass is 341 g/mol. The number of aliphatic imine (C=N–C) groups is 1. The Morgan fingerprint density at radius 1 is 1.16 bits per heavy atom. The number of hydrogen-bond donors (Lipinski definition) is 2. The van der Waals surface area contributed by atoms with Crippen LogP contribution in [-0.4, -0.2) is 29.1 Å². The molecular weight excluding hydrogens is 310 g/mol. The third kappa shape index (κ3) is 6.99. The summed E-state index contributed by atoms with van der Waals surface area (Å²) in [6.07, 6.45) is 7.57. The van der Waals surface area contributed by atoms with Crippen molar-refractivity contribution in [3.8, 4) is 0 Å². The third-order valence-corrected chi connectivity index (χ3v) is 4.14. The summed E-state index contributed by atoms with van der Waals surface area (Å²) >= 11 is 0. The average Bonchev–Trinajstić information content (AvgIpc) is 3.05.